The van der Waals surface area contributed by atoms with E-state index in [4.69, 9.17) is 15.2 Å². The number of para-hydroxylation sites is 2. The highest BCUT2D eigenvalue weighted by Crippen LogP contribution is 2.44. The maximum absolute atomic E-state index is 13.3. The third kappa shape index (κ3) is 17.1. The third-order valence-electron chi connectivity index (χ3n) is 18.5. The molecule has 5 aliphatic rings. The number of nitrogens with zero attached hydrogens (tertiary/aromatic N) is 12. The molecule has 4 heterocycles. The maximum Gasteiger partial charge on any atom is 0.434 e. The van der Waals surface area contributed by atoms with Gasteiger partial charge in [-0.3, -0.25) is 14.7 Å². The van der Waals surface area contributed by atoms with Crippen LogP contribution < -0.4 is 26.7 Å². The van der Waals surface area contributed by atoms with Crippen LogP contribution in [0, 0.1) is 6.92 Å². The van der Waals surface area contributed by atoms with Crippen molar-refractivity contribution in [1.29, 1.82) is 0 Å². The molecule has 0 unspecified atom stereocenters. The van der Waals surface area contributed by atoms with E-state index in [0.717, 1.165) is 82.2 Å². The Morgan fingerprint density at radius 2 is 1.19 bits per heavy atom. The van der Waals surface area contributed by atoms with Gasteiger partial charge in [-0.05, 0) is 226 Å². The summed E-state index contributed by atoms with van der Waals surface area (Å²) in [4.78, 5) is 50.2. The molecule has 7 aromatic carbocycles. The largest absolute Gasteiger partial charge is 0.505 e. The number of amides is 3. The van der Waals surface area contributed by atoms with Gasteiger partial charge in [-0.2, -0.15) is 20.4 Å². The summed E-state index contributed by atoms with van der Waals surface area (Å²) in [5.74, 6) is 0.631. The van der Waals surface area contributed by atoms with Crippen LogP contribution in [0.1, 0.15) is 160 Å². The number of nitrogens with two attached hydrogens (primary N) is 1. The lowest BCUT2D eigenvalue weighted by Crippen LogP contribution is -2.50. The number of rotatable bonds is 9. The number of ether oxygens (including phenoxy) is 2. The molecule has 3 amide bonds. The average molecular weight is 1410 g/mol. The summed E-state index contributed by atoms with van der Waals surface area (Å²) in [6.07, 6.45) is 5.59. The summed E-state index contributed by atoms with van der Waals surface area (Å²) in [5.41, 5.74) is 24.6. The third-order valence-corrected chi connectivity index (χ3v) is 18.5. The molecule has 25 heteroatoms. The second-order valence-electron chi connectivity index (χ2n) is 30.0. The van der Waals surface area contributed by atoms with E-state index in [2.05, 4.69) is 128 Å². The van der Waals surface area contributed by atoms with Crippen molar-refractivity contribution in [2.45, 2.75) is 169 Å². The molecule has 103 heavy (non-hydrogen) atoms. The van der Waals surface area contributed by atoms with E-state index in [-0.39, 0.29) is 63.0 Å². The van der Waals surface area contributed by atoms with Gasteiger partial charge >= 0.3 is 12.2 Å². The van der Waals surface area contributed by atoms with Gasteiger partial charge in [0.2, 0.25) is 5.82 Å². The van der Waals surface area contributed by atoms with Crippen molar-refractivity contribution in [3.63, 3.8) is 0 Å². The number of aromatic amines is 2. The lowest BCUT2D eigenvalue weighted by atomic mass is 9.86. The zero-order valence-electron chi connectivity index (χ0n) is 60.6. The molecular formula is C78H89ClN16O8. The van der Waals surface area contributed by atoms with Crippen molar-refractivity contribution < 1.29 is 34.1 Å². The Hall–Kier alpha value is -11.1. The number of H-pyrrole nitrogens is 2. The fraction of sp³-hybridized carbons (Fsp3) is 0.346. The zero-order valence-corrected chi connectivity index (χ0v) is 61.4. The van der Waals surface area contributed by atoms with Crippen LogP contribution >= 0.6 is 12.4 Å². The fourth-order valence-corrected chi connectivity index (χ4v) is 13.0. The molecule has 0 bridgehead atoms. The van der Waals surface area contributed by atoms with Crippen LogP contribution in [0.2, 0.25) is 0 Å². The fourth-order valence-electron chi connectivity index (χ4n) is 13.0. The highest BCUT2D eigenvalue weighted by Gasteiger charge is 2.35. The van der Waals surface area contributed by atoms with Crippen LogP contribution in [-0.4, -0.2) is 87.9 Å². The highest BCUT2D eigenvalue weighted by atomic mass is 35.5. The van der Waals surface area contributed by atoms with E-state index >= 15 is 0 Å². The van der Waals surface area contributed by atoms with E-state index < -0.39 is 23.4 Å². The number of carbonyl (C=O) groups is 3. The molecule has 0 fully saturated rings. The second kappa shape index (κ2) is 29.8. The number of carbonyl (C=O) groups excluding carboxylic acids is 3. The van der Waals surface area contributed by atoms with Crippen LogP contribution in [0.3, 0.4) is 0 Å². The van der Waals surface area contributed by atoms with E-state index in [0.29, 0.717) is 47.0 Å². The van der Waals surface area contributed by atoms with Crippen LogP contribution in [-0.2, 0) is 49.8 Å². The predicted octanol–water partition coefficient (Wildman–Crippen LogP) is 17.0. The number of aryl methyl sites for hydroxylation is 4. The molecule has 9 aromatic rings. The van der Waals surface area contributed by atoms with Gasteiger partial charge in [-0.25, -0.2) is 24.7 Å². The van der Waals surface area contributed by atoms with Crippen molar-refractivity contribution >= 4 is 70.4 Å². The topological polar surface area (TPSA) is 321 Å². The van der Waals surface area contributed by atoms with Crippen molar-refractivity contribution in [2.75, 3.05) is 22.3 Å². The van der Waals surface area contributed by atoms with E-state index in [1.165, 1.54) is 44.5 Å². The number of fused-ring (bicyclic) bond motifs is 3. The lowest BCUT2D eigenvalue weighted by molar-refractivity contribution is -0.116. The summed E-state index contributed by atoms with van der Waals surface area (Å²) in [6.45, 7) is 28.1. The number of benzene rings is 7. The first-order valence-corrected chi connectivity index (χ1v) is 34.0. The number of aromatic hydroxyl groups is 2. The monoisotopic (exact) mass is 1410 g/mol. The van der Waals surface area contributed by atoms with Gasteiger partial charge in [-0.1, -0.05) is 120 Å². The SMILES string of the molecule is CC(C)(C)OC(=O)NN(C(=O)OC(C)(C)C)c1ccc2c(c1)C(C)(C)CC2.CC1=NN(c2ccc3c(c2)C(C)(C)CC3)C(=O)C1.Cc1[nH]n(-c2ccc3c(c2)C(C)(C)CC3)c(=O)c1N=Nc1cccc(-c2cccc(C3=NN=NC3)c2)c1O.Cl.Nc1cccc(-c2cccc(-c3nn[nH]n3)c2)c1O. The molecule has 0 radical (unpaired) electrons. The Labute approximate surface area is 605 Å². The number of phenols is 2. The summed E-state index contributed by atoms with van der Waals surface area (Å²) in [6, 6.07) is 43.9. The maximum atomic E-state index is 13.3. The van der Waals surface area contributed by atoms with Crippen molar-refractivity contribution in [1.82, 2.24) is 35.8 Å². The number of anilines is 3. The minimum absolute atomic E-state index is 0. The number of nitrogen functional groups attached to an aromatic ring is 1. The number of nitrogens with one attached hydrogen (secondary N) is 3. The van der Waals surface area contributed by atoms with Gasteiger partial charge in [-0.15, -0.1) is 37.9 Å². The minimum Gasteiger partial charge on any atom is -0.505 e. The Morgan fingerprint density at radius 1 is 0.650 bits per heavy atom. The van der Waals surface area contributed by atoms with Crippen molar-refractivity contribution in [3.05, 3.63) is 195 Å². The number of azo groups is 1. The van der Waals surface area contributed by atoms with Gasteiger partial charge in [0, 0.05) is 28.0 Å². The number of tetrazole rings is 1. The molecule has 0 saturated carbocycles. The number of hydrogen-bond donors (Lipinski definition) is 6. The second-order valence-corrected chi connectivity index (χ2v) is 30.0. The predicted molar refractivity (Wildman–Crippen MR) is 404 cm³/mol. The quantitative estimate of drug-likeness (QED) is 0.0340. The van der Waals surface area contributed by atoms with Gasteiger partial charge in [0.05, 0.1) is 40.6 Å². The number of hydrogen-bond acceptors (Lipinski definition) is 18. The zero-order chi connectivity index (χ0) is 73.2. The van der Waals surface area contributed by atoms with Crippen LogP contribution in [0.5, 0.6) is 11.5 Å². The summed E-state index contributed by atoms with van der Waals surface area (Å²) in [7, 11) is 0. The number of phenolic OH excluding ortho intramolecular Hbond substituents is 2. The van der Waals surface area contributed by atoms with Crippen LogP contribution in [0.4, 0.5) is 38.0 Å². The summed E-state index contributed by atoms with van der Waals surface area (Å²) in [5, 5.41) is 65.1. The first-order valence-electron chi connectivity index (χ1n) is 34.0. The van der Waals surface area contributed by atoms with E-state index in [1.54, 1.807) is 83.8 Å². The minimum atomic E-state index is -0.715. The Bertz CT molecular complexity index is 4880. The molecule has 0 spiro atoms. The Kier molecular flexibility index (Phi) is 21.6. The molecule has 0 saturated heterocycles. The van der Waals surface area contributed by atoms with Crippen molar-refractivity contribution in [2.24, 2.45) is 30.8 Å². The molecule has 2 aromatic heterocycles. The van der Waals surface area contributed by atoms with Crippen molar-refractivity contribution in [3.8, 4) is 50.8 Å². The van der Waals surface area contributed by atoms with Crippen LogP contribution in [0.25, 0.3) is 39.3 Å². The van der Waals surface area contributed by atoms with Gasteiger partial charge in [0.1, 0.15) is 29.2 Å². The Balaban J connectivity index is 0.000000154. The lowest BCUT2D eigenvalue weighted by Gasteiger charge is -2.29. The molecule has 24 nitrogen and oxygen atoms in total. The van der Waals surface area contributed by atoms with Gasteiger partial charge in [0.25, 0.3) is 11.5 Å². The first kappa shape index (κ1) is 74.5. The van der Waals surface area contributed by atoms with E-state index in [9.17, 15) is 29.4 Å². The molecule has 14 rings (SSSR count). The smallest absolute Gasteiger partial charge is 0.434 e. The number of hydrazone groups is 1. The number of hydrazine groups is 1. The van der Waals surface area contributed by atoms with Gasteiger partial charge < -0.3 is 25.4 Å². The molecule has 2 aliphatic heterocycles. The van der Waals surface area contributed by atoms with Gasteiger partial charge in [0.15, 0.2) is 11.4 Å². The highest BCUT2D eigenvalue weighted by molar-refractivity contribution is 6.12. The summed E-state index contributed by atoms with van der Waals surface area (Å²) < 4.78 is 12.3. The average Bonchev–Trinajstić information content (AvgIpc) is 1.73. The molecular weight excluding hydrogens is 1320 g/mol. The Morgan fingerprint density at radius 3 is 1.77 bits per heavy atom. The molecule has 7 N–H and O–H groups in total. The first-order chi connectivity index (χ1) is 48.2. The van der Waals surface area contributed by atoms with E-state index in [1.807, 2.05) is 91.9 Å². The normalized spacial score (nSPS) is 15.6. The summed E-state index contributed by atoms with van der Waals surface area (Å²) >= 11 is 0. The number of aromatic nitrogens is 6. The standard InChI is InChI=1S/C29H27N7O2.C21H32N2O4.C15H18N2O.C13H11N5O.ClH/c1-17-26(28(38)36(34-17)21-11-10-18-12-13-29(2,3)23(18)15-21)33-31-24-9-5-8-22(27(24)37)19-6-4-7-20(14-19)25-16-30-35-32-25;1-19(2,3)26-17(24)22-23(18(25)27-20(4,5)6)15-10-9-14-11-12-21(7,8)16(14)13-15;1-10-8-14(18)17(16-10)12-5-4-11-6-7-15(2,3)13(11)9-12;14-11-6-2-5-10(12(11)19)8-3-1-4-9(7-8)13-15-17-18-16-13;/h4-11,14-15,34,37H,12-13,16H2,1-3H3;9-10,13H,11-12H2,1-8H3,(H,22,24);4-5,9H,6-8H2,1-3H3;1-7,19H,14H2,(H,15,16,17,18);1H. The van der Waals surface area contributed by atoms with Crippen LogP contribution in [0.15, 0.2) is 175 Å². The number of halogens is 1. The molecule has 3 aliphatic carbocycles. The molecule has 536 valence electrons. The molecule has 0 atom stereocenters.